The Labute approximate surface area is 106 Å². The van der Waals surface area contributed by atoms with Crippen molar-refractivity contribution in [2.24, 2.45) is 0 Å². The largest absolute Gasteiger partial charge is 0.380 e. The summed E-state index contributed by atoms with van der Waals surface area (Å²) in [4.78, 5) is 2.45. The van der Waals surface area contributed by atoms with Crippen LogP contribution in [0, 0.1) is 6.92 Å². The number of nitrogens with zero attached hydrogens (tertiary/aromatic N) is 1. The molecule has 88 valence electrons. The van der Waals surface area contributed by atoms with Gasteiger partial charge < -0.3 is 4.74 Å². The maximum absolute atomic E-state index is 5.38. The van der Waals surface area contributed by atoms with Crippen LogP contribution in [0.3, 0.4) is 0 Å². The zero-order valence-electron chi connectivity index (χ0n) is 9.87. The van der Waals surface area contributed by atoms with Crippen molar-refractivity contribution in [3.05, 3.63) is 33.8 Å². The topological polar surface area (TPSA) is 12.5 Å². The van der Waals surface area contributed by atoms with Crippen LogP contribution in [0.1, 0.15) is 17.5 Å². The molecule has 2 rings (SSSR count). The van der Waals surface area contributed by atoms with Crippen LogP contribution >= 0.6 is 15.9 Å². The summed E-state index contributed by atoms with van der Waals surface area (Å²) in [6.45, 7) is 5.34. The number of ether oxygens (including phenoxy) is 1. The zero-order valence-corrected chi connectivity index (χ0v) is 11.5. The first kappa shape index (κ1) is 12.1. The van der Waals surface area contributed by atoms with Gasteiger partial charge in [-0.05, 0) is 24.5 Å². The van der Waals surface area contributed by atoms with E-state index in [1.165, 1.54) is 15.6 Å². The molecule has 0 amide bonds. The van der Waals surface area contributed by atoms with Crippen molar-refractivity contribution in [3.8, 4) is 0 Å². The summed E-state index contributed by atoms with van der Waals surface area (Å²) in [5, 5.41) is 0. The Morgan fingerprint density at radius 3 is 3.00 bits per heavy atom. The van der Waals surface area contributed by atoms with E-state index in [0.717, 1.165) is 26.1 Å². The van der Waals surface area contributed by atoms with Crippen LogP contribution < -0.4 is 0 Å². The molecule has 1 aromatic carbocycles. The Bertz CT molecular complexity index is 367. The minimum atomic E-state index is 0.420. The third kappa shape index (κ3) is 2.65. The van der Waals surface area contributed by atoms with Gasteiger partial charge in [0.15, 0.2) is 0 Å². The third-order valence-corrected chi connectivity index (χ3v) is 4.36. The molecule has 1 saturated heterocycles. The highest BCUT2D eigenvalue weighted by Gasteiger charge is 2.22. The number of likely N-dealkylation sites (tertiary alicyclic amines) is 1. The van der Waals surface area contributed by atoms with Crippen molar-refractivity contribution in [1.82, 2.24) is 4.90 Å². The SMILES string of the molecule is CO[C@H]1CCN(Cc2cccc(C)c2Br)C1. The summed E-state index contributed by atoms with van der Waals surface area (Å²) in [5.41, 5.74) is 2.68. The van der Waals surface area contributed by atoms with Gasteiger partial charge >= 0.3 is 0 Å². The Morgan fingerprint density at radius 2 is 2.31 bits per heavy atom. The van der Waals surface area contributed by atoms with E-state index in [2.05, 4.69) is 46.0 Å². The fraction of sp³-hybridized carbons (Fsp3) is 0.538. The normalized spacial score (nSPS) is 21.6. The van der Waals surface area contributed by atoms with Gasteiger partial charge in [0.25, 0.3) is 0 Å². The van der Waals surface area contributed by atoms with Gasteiger partial charge in [-0.3, -0.25) is 4.90 Å². The molecule has 1 fully saturated rings. The average molecular weight is 284 g/mol. The van der Waals surface area contributed by atoms with Crippen LogP contribution in [0.5, 0.6) is 0 Å². The predicted molar refractivity (Wildman–Crippen MR) is 69.6 cm³/mol. The summed E-state index contributed by atoms with van der Waals surface area (Å²) >= 11 is 3.66. The smallest absolute Gasteiger partial charge is 0.0710 e. The minimum absolute atomic E-state index is 0.420. The Hall–Kier alpha value is -0.380. The van der Waals surface area contributed by atoms with E-state index in [9.17, 15) is 0 Å². The molecule has 0 N–H and O–H groups in total. The molecule has 1 atom stereocenters. The highest BCUT2D eigenvalue weighted by molar-refractivity contribution is 9.10. The van der Waals surface area contributed by atoms with Gasteiger partial charge in [0.1, 0.15) is 0 Å². The minimum Gasteiger partial charge on any atom is -0.380 e. The number of hydrogen-bond donors (Lipinski definition) is 0. The lowest BCUT2D eigenvalue weighted by atomic mass is 10.1. The maximum Gasteiger partial charge on any atom is 0.0710 e. The van der Waals surface area contributed by atoms with Crippen molar-refractivity contribution < 1.29 is 4.74 Å². The van der Waals surface area contributed by atoms with Gasteiger partial charge in [-0.1, -0.05) is 34.1 Å². The van der Waals surface area contributed by atoms with Crippen LogP contribution in [0.2, 0.25) is 0 Å². The first-order chi connectivity index (χ1) is 7.70. The molecule has 0 radical (unpaired) electrons. The number of methoxy groups -OCH3 is 1. The molecule has 0 aromatic heterocycles. The molecule has 3 heteroatoms. The van der Waals surface area contributed by atoms with E-state index in [1.807, 2.05) is 0 Å². The van der Waals surface area contributed by atoms with Gasteiger partial charge in [0.2, 0.25) is 0 Å². The monoisotopic (exact) mass is 283 g/mol. The molecule has 1 aliphatic heterocycles. The van der Waals surface area contributed by atoms with Crippen LogP contribution in [-0.2, 0) is 11.3 Å². The van der Waals surface area contributed by atoms with Crippen LogP contribution in [0.4, 0.5) is 0 Å². The van der Waals surface area contributed by atoms with Crippen molar-refractivity contribution in [2.45, 2.75) is 26.0 Å². The Kier molecular flexibility index (Phi) is 4.00. The van der Waals surface area contributed by atoms with E-state index in [4.69, 9.17) is 4.74 Å². The van der Waals surface area contributed by atoms with Crippen molar-refractivity contribution in [3.63, 3.8) is 0 Å². The number of rotatable bonds is 3. The molecule has 1 aliphatic rings. The molecule has 16 heavy (non-hydrogen) atoms. The van der Waals surface area contributed by atoms with Crippen molar-refractivity contribution in [1.29, 1.82) is 0 Å². The molecular formula is C13H18BrNO. The molecule has 1 heterocycles. The summed E-state index contributed by atoms with van der Waals surface area (Å²) in [6, 6.07) is 6.45. The zero-order chi connectivity index (χ0) is 11.5. The lowest BCUT2D eigenvalue weighted by molar-refractivity contribution is 0.107. The number of halogens is 1. The second-order valence-electron chi connectivity index (χ2n) is 4.43. The van der Waals surface area contributed by atoms with E-state index in [1.54, 1.807) is 7.11 Å². The predicted octanol–water partition coefficient (Wildman–Crippen LogP) is 2.98. The first-order valence-electron chi connectivity index (χ1n) is 5.70. The lowest BCUT2D eigenvalue weighted by Gasteiger charge is -2.17. The van der Waals surface area contributed by atoms with E-state index >= 15 is 0 Å². The molecule has 1 aromatic rings. The molecular weight excluding hydrogens is 266 g/mol. The quantitative estimate of drug-likeness (QED) is 0.846. The molecule has 0 saturated carbocycles. The summed E-state index contributed by atoms with van der Waals surface area (Å²) in [6.07, 6.45) is 1.57. The van der Waals surface area contributed by atoms with Crippen LogP contribution in [0.25, 0.3) is 0 Å². The van der Waals surface area contributed by atoms with Gasteiger partial charge in [0, 0.05) is 31.2 Å². The standard InChI is InChI=1S/C13H18BrNO/c1-10-4-3-5-11(13(10)14)8-15-7-6-12(9-15)16-2/h3-5,12H,6-9H2,1-2H3/t12-/m0/s1. The first-order valence-corrected chi connectivity index (χ1v) is 6.49. The number of benzene rings is 1. The fourth-order valence-electron chi connectivity index (χ4n) is 2.20. The molecule has 2 nitrogen and oxygen atoms in total. The summed E-state index contributed by atoms with van der Waals surface area (Å²) < 4.78 is 6.63. The maximum atomic E-state index is 5.38. The van der Waals surface area contributed by atoms with Gasteiger partial charge in [-0.25, -0.2) is 0 Å². The number of hydrogen-bond acceptors (Lipinski definition) is 2. The van der Waals surface area contributed by atoms with Crippen LogP contribution in [0.15, 0.2) is 22.7 Å². The van der Waals surface area contributed by atoms with Gasteiger partial charge in [0.05, 0.1) is 6.10 Å². The number of aryl methyl sites for hydroxylation is 1. The highest BCUT2D eigenvalue weighted by Crippen LogP contribution is 2.24. The Balaban J connectivity index is 2.02. The second-order valence-corrected chi connectivity index (χ2v) is 5.22. The van der Waals surface area contributed by atoms with Gasteiger partial charge in [-0.15, -0.1) is 0 Å². The second kappa shape index (κ2) is 5.30. The average Bonchev–Trinajstić information content (AvgIpc) is 2.73. The molecule has 0 spiro atoms. The lowest BCUT2D eigenvalue weighted by Crippen LogP contribution is -2.22. The van der Waals surface area contributed by atoms with Crippen molar-refractivity contribution in [2.75, 3.05) is 20.2 Å². The van der Waals surface area contributed by atoms with E-state index < -0.39 is 0 Å². The van der Waals surface area contributed by atoms with E-state index in [-0.39, 0.29) is 0 Å². The fourth-order valence-corrected chi connectivity index (χ4v) is 2.59. The Morgan fingerprint density at radius 1 is 1.50 bits per heavy atom. The molecule has 0 unspecified atom stereocenters. The van der Waals surface area contributed by atoms with E-state index in [0.29, 0.717) is 6.10 Å². The summed E-state index contributed by atoms with van der Waals surface area (Å²) in [7, 11) is 1.80. The van der Waals surface area contributed by atoms with Gasteiger partial charge in [-0.2, -0.15) is 0 Å². The van der Waals surface area contributed by atoms with Crippen LogP contribution in [-0.4, -0.2) is 31.2 Å². The molecule has 0 aliphatic carbocycles. The highest BCUT2D eigenvalue weighted by atomic mass is 79.9. The summed E-state index contributed by atoms with van der Waals surface area (Å²) in [5.74, 6) is 0. The molecule has 0 bridgehead atoms. The van der Waals surface area contributed by atoms with Crippen molar-refractivity contribution >= 4 is 15.9 Å². The third-order valence-electron chi connectivity index (χ3n) is 3.23.